The molecule has 2 nitrogen and oxygen atoms in total. The van der Waals surface area contributed by atoms with Gasteiger partial charge in [-0.1, -0.05) is 0 Å². The van der Waals surface area contributed by atoms with E-state index in [1.54, 1.807) is 0 Å². The van der Waals surface area contributed by atoms with Crippen LogP contribution in [0.4, 0.5) is 0 Å². The normalized spacial score (nSPS) is 29.4. The zero-order chi connectivity index (χ0) is 9.80. The summed E-state index contributed by atoms with van der Waals surface area (Å²) in [6, 6.07) is 0.877. The van der Waals surface area contributed by atoms with Crippen molar-refractivity contribution in [2.45, 2.75) is 45.1 Å². The summed E-state index contributed by atoms with van der Waals surface area (Å²) in [5.41, 5.74) is 0. The van der Waals surface area contributed by atoms with Crippen molar-refractivity contribution in [3.63, 3.8) is 0 Å². The molecule has 0 aliphatic carbocycles. The topological polar surface area (TPSA) is 6.48 Å². The van der Waals surface area contributed by atoms with E-state index in [4.69, 9.17) is 0 Å². The summed E-state index contributed by atoms with van der Waals surface area (Å²) in [6.07, 6.45) is 7.10. The zero-order valence-corrected chi connectivity index (χ0v) is 9.54. The van der Waals surface area contributed by atoms with Crippen molar-refractivity contribution in [2.24, 2.45) is 0 Å². The summed E-state index contributed by atoms with van der Waals surface area (Å²) in [7, 11) is 0. The van der Waals surface area contributed by atoms with Crippen LogP contribution in [0, 0.1) is 0 Å². The van der Waals surface area contributed by atoms with Gasteiger partial charge in [0.2, 0.25) is 0 Å². The highest BCUT2D eigenvalue weighted by Crippen LogP contribution is 2.17. The van der Waals surface area contributed by atoms with Crippen LogP contribution < -0.4 is 0 Å². The summed E-state index contributed by atoms with van der Waals surface area (Å²) in [5, 5.41) is 0. The molecule has 2 aliphatic heterocycles. The molecule has 82 valence electrons. The van der Waals surface area contributed by atoms with E-state index in [1.165, 1.54) is 64.8 Å². The van der Waals surface area contributed by atoms with Gasteiger partial charge >= 0.3 is 0 Å². The highest BCUT2D eigenvalue weighted by atomic mass is 15.2. The minimum atomic E-state index is 0.877. The SMILES string of the molecule is CC1CCN1CCCCN1CCCC1. The number of hydrogen-bond acceptors (Lipinski definition) is 2. The maximum Gasteiger partial charge on any atom is 0.00791 e. The third kappa shape index (κ3) is 2.71. The molecule has 2 aliphatic rings. The van der Waals surface area contributed by atoms with E-state index in [2.05, 4.69) is 16.7 Å². The Bertz CT molecular complexity index is 160. The summed E-state index contributed by atoms with van der Waals surface area (Å²) >= 11 is 0. The Balaban J connectivity index is 1.46. The first kappa shape index (κ1) is 10.4. The molecule has 2 fully saturated rings. The number of unbranched alkanes of at least 4 members (excludes halogenated alkanes) is 1. The van der Waals surface area contributed by atoms with Gasteiger partial charge in [0.1, 0.15) is 0 Å². The Morgan fingerprint density at radius 3 is 2.29 bits per heavy atom. The van der Waals surface area contributed by atoms with Crippen LogP contribution in [0.15, 0.2) is 0 Å². The van der Waals surface area contributed by atoms with E-state index >= 15 is 0 Å². The molecule has 1 unspecified atom stereocenters. The standard InChI is InChI=1S/C12H24N2/c1-12-6-11-14(12)10-5-4-9-13-7-2-3-8-13/h12H,2-11H2,1H3. The van der Waals surface area contributed by atoms with Crippen LogP contribution in [-0.2, 0) is 0 Å². The third-order valence-electron chi connectivity index (χ3n) is 3.83. The molecule has 0 spiro atoms. The first-order valence-electron chi connectivity index (χ1n) is 6.32. The van der Waals surface area contributed by atoms with Crippen molar-refractivity contribution in [3.05, 3.63) is 0 Å². The van der Waals surface area contributed by atoms with Gasteiger partial charge in [0, 0.05) is 6.04 Å². The van der Waals surface area contributed by atoms with Gasteiger partial charge in [-0.3, -0.25) is 0 Å². The monoisotopic (exact) mass is 196 g/mol. The summed E-state index contributed by atoms with van der Waals surface area (Å²) in [5.74, 6) is 0. The second-order valence-corrected chi connectivity index (χ2v) is 4.93. The van der Waals surface area contributed by atoms with Crippen LogP contribution in [0.25, 0.3) is 0 Å². The van der Waals surface area contributed by atoms with Crippen LogP contribution in [-0.4, -0.2) is 48.6 Å². The molecule has 0 N–H and O–H groups in total. The Labute approximate surface area is 88.3 Å². The van der Waals surface area contributed by atoms with Crippen LogP contribution in [0.1, 0.15) is 39.0 Å². The van der Waals surface area contributed by atoms with E-state index in [0.717, 1.165) is 6.04 Å². The lowest BCUT2D eigenvalue weighted by molar-refractivity contribution is 0.101. The van der Waals surface area contributed by atoms with Gasteiger partial charge in [-0.2, -0.15) is 0 Å². The number of nitrogens with zero attached hydrogens (tertiary/aromatic N) is 2. The predicted molar refractivity (Wildman–Crippen MR) is 60.6 cm³/mol. The average Bonchev–Trinajstić information content (AvgIpc) is 2.68. The molecule has 14 heavy (non-hydrogen) atoms. The van der Waals surface area contributed by atoms with Gasteiger partial charge < -0.3 is 9.80 Å². The van der Waals surface area contributed by atoms with Crippen LogP contribution in [0.5, 0.6) is 0 Å². The van der Waals surface area contributed by atoms with Gasteiger partial charge in [-0.05, 0) is 71.8 Å². The minimum absolute atomic E-state index is 0.877. The quantitative estimate of drug-likeness (QED) is 0.620. The molecule has 2 heteroatoms. The second-order valence-electron chi connectivity index (χ2n) is 4.93. The molecule has 2 heterocycles. The molecule has 0 bridgehead atoms. The summed E-state index contributed by atoms with van der Waals surface area (Å²) in [6.45, 7) is 9.12. The summed E-state index contributed by atoms with van der Waals surface area (Å²) < 4.78 is 0. The van der Waals surface area contributed by atoms with Gasteiger partial charge in [0.25, 0.3) is 0 Å². The molecule has 2 saturated heterocycles. The van der Waals surface area contributed by atoms with Crippen LogP contribution in [0.3, 0.4) is 0 Å². The predicted octanol–water partition coefficient (Wildman–Crippen LogP) is 1.96. The lowest BCUT2D eigenvalue weighted by Crippen LogP contribution is -2.45. The van der Waals surface area contributed by atoms with Crippen molar-refractivity contribution >= 4 is 0 Å². The lowest BCUT2D eigenvalue weighted by Gasteiger charge is -2.38. The van der Waals surface area contributed by atoms with Crippen molar-refractivity contribution < 1.29 is 0 Å². The summed E-state index contributed by atoms with van der Waals surface area (Å²) in [4.78, 5) is 5.24. The van der Waals surface area contributed by atoms with Crippen molar-refractivity contribution in [1.82, 2.24) is 9.80 Å². The van der Waals surface area contributed by atoms with Gasteiger partial charge in [-0.15, -0.1) is 0 Å². The van der Waals surface area contributed by atoms with Crippen LogP contribution >= 0.6 is 0 Å². The molecule has 0 aromatic carbocycles. The van der Waals surface area contributed by atoms with Crippen LogP contribution in [0.2, 0.25) is 0 Å². The number of likely N-dealkylation sites (tertiary alicyclic amines) is 2. The fourth-order valence-corrected chi connectivity index (χ4v) is 2.56. The second kappa shape index (κ2) is 5.13. The average molecular weight is 196 g/mol. The van der Waals surface area contributed by atoms with E-state index in [0.29, 0.717) is 0 Å². The Kier molecular flexibility index (Phi) is 3.82. The van der Waals surface area contributed by atoms with Crippen molar-refractivity contribution in [3.8, 4) is 0 Å². The number of hydrogen-bond donors (Lipinski definition) is 0. The maximum atomic E-state index is 2.62. The van der Waals surface area contributed by atoms with Gasteiger partial charge in [0.15, 0.2) is 0 Å². The molecule has 2 rings (SSSR count). The molecular weight excluding hydrogens is 172 g/mol. The molecule has 0 amide bonds. The van der Waals surface area contributed by atoms with E-state index in [9.17, 15) is 0 Å². The molecule has 1 atom stereocenters. The Hall–Kier alpha value is -0.0800. The fourth-order valence-electron chi connectivity index (χ4n) is 2.56. The van der Waals surface area contributed by atoms with Crippen molar-refractivity contribution in [1.29, 1.82) is 0 Å². The number of rotatable bonds is 5. The molecule has 0 saturated carbocycles. The van der Waals surface area contributed by atoms with E-state index in [-0.39, 0.29) is 0 Å². The largest absolute Gasteiger partial charge is 0.303 e. The molecular formula is C12H24N2. The fraction of sp³-hybridized carbons (Fsp3) is 1.00. The smallest absolute Gasteiger partial charge is 0.00791 e. The maximum absolute atomic E-state index is 2.62. The minimum Gasteiger partial charge on any atom is -0.303 e. The third-order valence-corrected chi connectivity index (χ3v) is 3.83. The molecule has 0 aromatic heterocycles. The first-order valence-corrected chi connectivity index (χ1v) is 6.32. The van der Waals surface area contributed by atoms with E-state index < -0.39 is 0 Å². The molecule has 0 radical (unpaired) electrons. The Morgan fingerprint density at radius 1 is 1.00 bits per heavy atom. The van der Waals surface area contributed by atoms with E-state index in [1.807, 2.05) is 0 Å². The zero-order valence-electron chi connectivity index (χ0n) is 9.54. The van der Waals surface area contributed by atoms with Gasteiger partial charge in [-0.25, -0.2) is 0 Å². The molecule has 0 aromatic rings. The Morgan fingerprint density at radius 2 is 1.71 bits per heavy atom. The highest BCUT2D eigenvalue weighted by Gasteiger charge is 2.22. The van der Waals surface area contributed by atoms with Gasteiger partial charge in [0.05, 0.1) is 0 Å². The lowest BCUT2D eigenvalue weighted by atomic mass is 10.1. The first-order chi connectivity index (χ1) is 6.86. The highest BCUT2D eigenvalue weighted by molar-refractivity contribution is 4.78. The van der Waals surface area contributed by atoms with Crippen molar-refractivity contribution in [2.75, 3.05) is 32.7 Å².